The molecule has 3 heterocycles. The molecule has 0 saturated carbocycles. The van der Waals surface area contributed by atoms with Gasteiger partial charge in [-0.15, -0.1) is 0 Å². The molecule has 7 nitrogen and oxygen atoms in total. The van der Waals surface area contributed by atoms with Crippen molar-refractivity contribution in [1.82, 2.24) is 20.0 Å². The zero-order chi connectivity index (χ0) is 22.8. The van der Waals surface area contributed by atoms with Gasteiger partial charge in [0.05, 0.1) is 19.4 Å². The Hall–Kier alpha value is -2.81. The highest BCUT2D eigenvalue weighted by Gasteiger charge is 2.53. The molecule has 2 unspecified atom stereocenters. The highest BCUT2D eigenvalue weighted by Crippen LogP contribution is 2.30. The number of hydrogen-bond acceptors (Lipinski definition) is 5. The lowest BCUT2D eigenvalue weighted by molar-refractivity contribution is -0.136. The van der Waals surface area contributed by atoms with Gasteiger partial charge in [-0.1, -0.05) is 42.5 Å². The Labute approximate surface area is 193 Å². The summed E-state index contributed by atoms with van der Waals surface area (Å²) in [7, 11) is 0. The van der Waals surface area contributed by atoms with Gasteiger partial charge in [-0.25, -0.2) is 14.1 Å². The summed E-state index contributed by atoms with van der Waals surface area (Å²) in [6.07, 6.45) is 1.29. The molecule has 3 aliphatic heterocycles. The Balaban J connectivity index is 1.24. The molecular formula is C25H29FN4O3. The van der Waals surface area contributed by atoms with E-state index in [9.17, 15) is 14.0 Å². The summed E-state index contributed by atoms with van der Waals surface area (Å²) in [4.78, 5) is 32.0. The molecule has 0 radical (unpaired) electrons. The minimum absolute atomic E-state index is 0.143. The van der Waals surface area contributed by atoms with E-state index >= 15 is 0 Å². The number of benzene rings is 2. The van der Waals surface area contributed by atoms with E-state index in [1.54, 1.807) is 12.1 Å². The molecule has 3 fully saturated rings. The van der Waals surface area contributed by atoms with Gasteiger partial charge in [0.15, 0.2) is 0 Å². The first-order valence-corrected chi connectivity index (χ1v) is 11.5. The van der Waals surface area contributed by atoms with Gasteiger partial charge in [0.1, 0.15) is 11.4 Å². The van der Waals surface area contributed by atoms with Gasteiger partial charge in [0.25, 0.3) is 5.91 Å². The van der Waals surface area contributed by atoms with Crippen LogP contribution in [-0.4, -0.2) is 71.6 Å². The molecule has 1 spiro atoms. The molecule has 5 rings (SSSR count). The molecule has 3 saturated heterocycles. The number of urea groups is 1. The lowest BCUT2D eigenvalue weighted by Crippen LogP contribution is -2.58. The van der Waals surface area contributed by atoms with Gasteiger partial charge < -0.3 is 10.1 Å². The monoisotopic (exact) mass is 452 g/mol. The average Bonchev–Trinajstić information content (AvgIpc) is 3.04. The van der Waals surface area contributed by atoms with Crippen LogP contribution in [0.5, 0.6) is 0 Å². The number of ether oxygens (including phenoxy) is 1. The van der Waals surface area contributed by atoms with Crippen LogP contribution >= 0.6 is 0 Å². The fourth-order valence-corrected chi connectivity index (χ4v) is 5.11. The van der Waals surface area contributed by atoms with Crippen molar-refractivity contribution < 1.29 is 18.7 Å². The van der Waals surface area contributed by atoms with E-state index < -0.39 is 5.54 Å². The second kappa shape index (κ2) is 9.21. The second-order valence-corrected chi connectivity index (χ2v) is 9.17. The third-order valence-electron chi connectivity index (χ3n) is 6.80. The Kier molecular flexibility index (Phi) is 6.14. The average molecular weight is 453 g/mol. The highest BCUT2D eigenvalue weighted by molar-refractivity contribution is 6.07. The molecule has 174 valence electrons. The first-order chi connectivity index (χ1) is 16.0. The smallest absolute Gasteiger partial charge is 0.326 e. The van der Waals surface area contributed by atoms with Crippen molar-refractivity contribution in [3.8, 4) is 0 Å². The maximum Gasteiger partial charge on any atom is 0.326 e. The maximum atomic E-state index is 13.5. The Bertz CT molecular complexity index is 1000. The van der Waals surface area contributed by atoms with Gasteiger partial charge in [-0.3, -0.25) is 14.6 Å². The number of nitrogens with one attached hydrogen (secondary N) is 1. The first-order valence-electron chi connectivity index (χ1n) is 11.5. The van der Waals surface area contributed by atoms with Crippen molar-refractivity contribution in [3.63, 3.8) is 0 Å². The van der Waals surface area contributed by atoms with Crippen molar-refractivity contribution in [3.05, 3.63) is 71.5 Å². The van der Waals surface area contributed by atoms with Gasteiger partial charge in [0.2, 0.25) is 0 Å². The zero-order valence-electron chi connectivity index (χ0n) is 18.6. The van der Waals surface area contributed by atoms with E-state index in [4.69, 9.17) is 4.74 Å². The number of carbonyl (C=O) groups excluding carboxylic acids is 2. The number of imide groups is 1. The third-order valence-corrected chi connectivity index (χ3v) is 6.80. The fraction of sp³-hybridized carbons (Fsp3) is 0.440. The van der Waals surface area contributed by atoms with Crippen LogP contribution in [0.25, 0.3) is 0 Å². The number of amides is 3. The molecule has 0 aromatic heterocycles. The number of likely N-dealkylation sites (tertiary alicyclic amines) is 1. The summed E-state index contributed by atoms with van der Waals surface area (Å²) >= 11 is 0. The van der Waals surface area contributed by atoms with E-state index in [1.807, 2.05) is 18.2 Å². The Morgan fingerprint density at radius 1 is 1.03 bits per heavy atom. The van der Waals surface area contributed by atoms with Crippen molar-refractivity contribution in [1.29, 1.82) is 0 Å². The number of hydrogen-bond donors (Lipinski definition) is 1. The van der Waals surface area contributed by atoms with Crippen LogP contribution in [0.4, 0.5) is 9.18 Å². The number of halogens is 1. The number of piperidine rings is 1. The molecule has 1 N–H and O–H groups in total. The van der Waals surface area contributed by atoms with Crippen LogP contribution in [0, 0.1) is 5.82 Å². The predicted octanol–water partition coefficient (Wildman–Crippen LogP) is 2.74. The van der Waals surface area contributed by atoms with Crippen molar-refractivity contribution >= 4 is 11.9 Å². The highest BCUT2D eigenvalue weighted by atomic mass is 19.1. The predicted molar refractivity (Wildman–Crippen MR) is 121 cm³/mol. The lowest BCUT2D eigenvalue weighted by atomic mass is 9.88. The van der Waals surface area contributed by atoms with E-state index in [0.717, 1.165) is 25.1 Å². The van der Waals surface area contributed by atoms with Crippen LogP contribution < -0.4 is 5.32 Å². The summed E-state index contributed by atoms with van der Waals surface area (Å²) in [5, 5.41) is 3.02. The molecule has 8 heteroatoms. The molecule has 3 amide bonds. The molecule has 3 aliphatic rings. The minimum Gasteiger partial charge on any atom is -0.371 e. The fourth-order valence-electron chi connectivity index (χ4n) is 5.11. The van der Waals surface area contributed by atoms with Crippen LogP contribution in [-0.2, 0) is 16.1 Å². The number of morpholine rings is 1. The summed E-state index contributed by atoms with van der Waals surface area (Å²) < 4.78 is 19.1. The standard InChI is InChI=1S/C25H29FN4O3/c26-21-9-7-20(8-10-21)22-16-29(13-14-33-22)18-30-23(31)25(27-24(30)32)11-4-12-28(17-25)15-19-5-2-1-3-6-19/h1-3,5-10,22H,4,11-18H2,(H,27,32). The summed E-state index contributed by atoms with van der Waals surface area (Å²) in [5.41, 5.74) is 1.23. The van der Waals surface area contributed by atoms with Gasteiger partial charge in [0, 0.05) is 26.2 Å². The van der Waals surface area contributed by atoms with Gasteiger partial charge >= 0.3 is 6.03 Å². The molecule has 33 heavy (non-hydrogen) atoms. The van der Waals surface area contributed by atoms with Crippen LogP contribution in [0.15, 0.2) is 54.6 Å². The Morgan fingerprint density at radius 2 is 1.82 bits per heavy atom. The van der Waals surface area contributed by atoms with E-state index in [0.29, 0.717) is 32.7 Å². The minimum atomic E-state index is -0.854. The third kappa shape index (κ3) is 4.64. The van der Waals surface area contributed by atoms with Crippen molar-refractivity contribution in [2.45, 2.75) is 31.0 Å². The van der Waals surface area contributed by atoms with Crippen molar-refractivity contribution in [2.24, 2.45) is 0 Å². The first kappa shape index (κ1) is 22.0. The quantitative estimate of drug-likeness (QED) is 0.707. The van der Waals surface area contributed by atoms with Crippen LogP contribution in [0.1, 0.15) is 30.1 Å². The molecule has 2 atom stereocenters. The van der Waals surface area contributed by atoms with E-state index in [-0.39, 0.29) is 30.5 Å². The molecule has 2 aromatic carbocycles. The molecule has 2 aromatic rings. The Morgan fingerprint density at radius 3 is 2.61 bits per heavy atom. The second-order valence-electron chi connectivity index (χ2n) is 9.17. The molecule has 0 aliphatic carbocycles. The normalized spacial score (nSPS) is 26.7. The van der Waals surface area contributed by atoms with Crippen LogP contribution in [0.2, 0.25) is 0 Å². The van der Waals surface area contributed by atoms with Crippen LogP contribution in [0.3, 0.4) is 0 Å². The van der Waals surface area contributed by atoms with Gasteiger partial charge in [-0.2, -0.15) is 0 Å². The topological polar surface area (TPSA) is 65.1 Å². The molecule has 0 bridgehead atoms. The molecular weight excluding hydrogens is 423 g/mol. The summed E-state index contributed by atoms with van der Waals surface area (Å²) in [5.74, 6) is -0.431. The number of carbonyl (C=O) groups is 2. The summed E-state index contributed by atoms with van der Waals surface area (Å²) in [6.45, 7) is 4.06. The largest absolute Gasteiger partial charge is 0.371 e. The summed E-state index contributed by atoms with van der Waals surface area (Å²) in [6, 6.07) is 16.1. The van der Waals surface area contributed by atoms with Crippen molar-refractivity contribution in [2.75, 3.05) is 39.5 Å². The number of nitrogens with zero attached hydrogens (tertiary/aromatic N) is 3. The maximum absolute atomic E-state index is 13.5. The van der Waals surface area contributed by atoms with Gasteiger partial charge in [-0.05, 0) is 42.6 Å². The SMILES string of the molecule is O=C1NC2(CCCN(Cc3ccccc3)C2)C(=O)N1CN1CCOC(c2ccc(F)cc2)C1. The zero-order valence-corrected chi connectivity index (χ0v) is 18.6. The van der Waals surface area contributed by atoms with E-state index in [1.165, 1.54) is 22.6 Å². The van der Waals surface area contributed by atoms with E-state index in [2.05, 4.69) is 27.2 Å². The lowest BCUT2D eigenvalue weighted by Gasteiger charge is -2.39. The number of rotatable bonds is 5.